The summed E-state index contributed by atoms with van der Waals surface area (Å²) in [7, 11) is 0. The first kappa shape index (κ1) is 12.0. The van der Waals surface area contributed by atoms with Gasteiger partial charge in [0, 0.05) is 25.3 Å². The predicted octanol–water partition coefficient (Wildman–Crippen LogP) is 3.32. The van der Waals surface area contributed by atoms with E-state index < -0.39 is 0 Å². The highest BCUT2D eigenvalue weighted by atomic mass is 14.9. The first-order valence-electron chi connectivity index (χ1n) is 7.38. The molecule has 1 saturated carbocycles. The van der Waals surface area contributed by atoms with E-state index in [9.17, 15) is 0 Å². The normalized spacial score (nSPS) is 20.1. The van der Waals surface area contributed by atoms with Crippen molar-refractivity contribution in [3.8, 4) is 0 Å². The Morgan fingerprint density at radius 2 is 2.22 bits per heavy atom. The summed E-state index contributed by atoms with van der Waals surface area (Å²) >= 11 is 0. The van der Waals surface area contributed by atoms with Gasteiger partial charge in [-0.3, -0.25) is 0 Å². The van der Waals surface area contributed by atoms with Crippen LogP contribution in [-0.2, 0) is 13.0 Å². The zero-order chi connectivity index (χ0) is 12.4. The summed E-state index contributed by atoms with van der Waals surface area (Å²) in [5, 5.41) is 7.11. The third-order valence-electron chi connectivity index (χ3n) is 4.88. The van der Waals surface area contributed by atoms with Crippen LogP contribution in [0.2, 0.25) is 0 Å². The van der Waals surface area contributed by atoms with Gasteiger partial charge in [0.05, 0.1) is 0 Å². The van der Waals surface area contributed by atoms with Gasteiger partial charge in [0.25, 0.3) is 0 Å². The van der Waals surface area contributed by atoms with Gasteiger partial charge in [-0.1, -0.05) is 25.5 Å². The molecule has 2 N–H and O–H groups in total. The average molecular weight is 244 g/mol. The maximum absolute atomic E-state index is 3.66. The third kappa shape index (κ3) is 2.26. The standard InChI is InChI=1S/C16H24N2/c1-2-16(7-3-8-16)12-17-11-13-4-5-14-6-9-18-15(14)10-13/h4-5,10,17-18H,2-3,6-9,11-12H2,1H3. The summed E-state index contributed by atoms with van der Waals surface area (Å²) in [6.45, 7) is 5.63. The van der Waals surface area contributed by atoms with Crippen LogP contribution in [0.15, 0.2) is 18.2 Å². The van der Waals surface area contributed by atoms with E-state index in [2.05, 4.69) is 35.8 Å². The van der Waals surface area contributed by atoms with Crippen molar-refractivity contribution in [2.75, 3.05) is 18.4 Å². The van der Waals surface area contributed by atoms with Crippen LogP contribution in [0.4, 0.5) is 5.69 Å². The number of rotatable bonds is 5. The van der Waals surface area contributed by atoms with Gasteiger partial charge in [0.2, 0.25) is 0 Å². The molecule has 0 unspecified atom stereocenters. The lowest BCUT2D eigenvalue weighted by Gasteiger charge is -2.41. The van der Waals surface area contributed by atoms with Gasteiger partial charge in [-0.05, 0) is 48.3 Å². The maximum Gasteiger partial charge on any atom is 0.0376 e. The fourth-order valence-electron chi connectivity index (χ4n) is 3.25. The molecule has 98 valence electrons. The average Bonchev–Trinajstić information content (AvgIpc) is 2.80. The number of benzene rings is 1. The van der Waals surface area contributed by atoms with E-state index in [1.54, 1.807) is 0 Å². The quantitative estimate of drug-likeness (QED) is 0.830. The Balaban J connectivity index is 1.54. The summed E-state index contributed by atoms with van der Waals surface area (Å²) in [5.41, 5.74) is 4.86. The van der Waals surface area contributed by atoms with Gasteiger partial charge in [0.15, 0.2) is 0 Å². The number of anilines is 1. The second-order valence-corrected chi connectivity index (χ2v) is 5.98. The molecule has 0 saturated heterocycles. The van der Waals surface area contributed by atoms with Gasteiger partial charge in [-0.25, -0.2) is 0 Å². The van der Waals surface area contributed by atoms with Crippen LogP contribution < -0.4 is 10.6 Å². The molecule has 18 heavy (non-hydrogen) atoms. The molecule has 0 atom stereocenters. The minimum absolute atomic E-state index is 0.620. The largest absolute Gasteiger partial charge is 0.384 e. The van der Waals surface area contributed by atoms with Crippen LogP contribution in [0.25, 0.3) is 0 Å². The highest BCUT2D eigenvalue weighted by Gasteiger charge is 2.34. The monoisotopic (exact) mass is 244 g/mol. The van der Waals surface area contributed by atoms with Crippen LogP contribution in [0.3, 0.4) is 0 Å². The molecule has 1 aromatic rings. The van der Waals surface area contributed by atoms with Crippen LogP contribution in [0.5, 0.6) is 0 Å². The predicted molar refractivity (Wildman–Crippen MR) is 76.9 cm³/mol. The number of fused-ring (bicyclic) bond motifs is 1. The summed E-state index contributed by atoms with van der Waals surface area (Å²) < 4.78 is 0. The molecule has 0 bridgehead atoms. The van der Waals surface area contributed by atoms with Gasteiger partial charge in [-0.2, -0.15) is 0 Å². The lowest BCUT2D eigenvalue weighted by atomic mass is 9.67. The second kappa shape index (κ2) is 4.93. The fraction of sp³-hybridized carbons (Fsp3) is 0.625. The summed E-state index contributed by atoms with van der Waals surface area (Å²) in [6, 6.07) is 6.87. The molecule has 2 aliphatic rings. The van der Waals surface area contributed by atoms with E-state index in [0.717, 1.165) is 13.1 Å². The van der Waals surface area contributed by atoms with Crippen molar-refractivity contribution in [2.45, 2.75) is 45.6 Å². The Kier molecular flexibility index (Phi) is 3.29. The molecule has 1 fully saturated rings. The summed E-state index contributed by atoms with van der Waals surface area (Å²) in [5.74, 6) is 0. The van der Waals surface area contributed by atoms with Crippen molar-refractivity contribution in [3.63, 3.8) is 0 Å². The van der Waals surface area contributed by atoms with Gasteiger partial charge < -0.3 is 10.6 Å². The Hall–Kier alpha value is -1.02. The van der Waals surface area contributed by atoms with E-state index in [4.69, 9.17) is 0 Å². The minimum Gasteiger partial charge on any atom is -0.384 e. The highest BCUT2D eigenvalue weighted by molar-refractivity contribution is 5.56. The molecule has 1 heterocycles. The third-order valence-corrected chi connectivity index (χ3v) is 4.88. The topological polar surface area (TPSA) is 24.1 Å². The first-order valence-corrected chi connectivity index (χ1v) is 7.38. The highest BCUT2D eigenvalue weighted by Crippen LogP contribution is 2.43. The smallest absolute Gasteiger partial charge is 0.0376 e. The lowest BCUT2D eigenvalue weighted by Crippen LogP contribution is -2.39. The molecular formula is C16H24N2. The Bertz CT molecular complexity index is 416. The molecule has 2 nitrogen and oxygen atoms in total. The van der Waals surface area contributed by atoms with Crippen LogP contribution in [0, 0.1) is 5.41 Å². The SMILES string of the molecule is CCC1(CNCc2ccc3c(c2)NCC3)CCC1. The number of hydrogen-bond donors (Lipinski definition) is 2. The van der Waals surface area contributed by atoms with Crippen molar-refractivity contribution < 1.29 is 0 Å². The Labute approximate surface area is 110 Å². The lowest BCUT2D eigenvalue weighted by molar-refractivity contribution is 0.124. The maximum atomic E-state index is 3.66. The van der Waals surface area contributed by atoms with E-state index >= 15 is 0 Å². The van der Waals surface area contributed by atoms with Crippen molar-refractivity contribution >= 4 is 5.69 Å². The Morgan fingerprint density at radius 3 is 2.94 bits per heavy atom. The summed E-state index contributed by atoms with van der Waals surface area (Å²) in [6.07, 6.45) is 6.77. The van der Waals surface area contributed by atoms with Crippen LogP contribution >= 0.6 is 0 Å². The number of hydrogen-bond acceptors (Lipinski definition) is 2. The second-order valence-electron chi connectivity index (χ2n) is 5.98. The molecule has 3 rings (SSSR count). The van der Waals surface area contributed by atoms with Crippen LogP contribution in [-0.4, -0.2) is 13.1 Å². The number of nitrogens with one attached hydrogen (secondary N) is 2. The molecule has 0 spiro atoms. The van der Waals surface area contributed by atoms with E-state index in [1.807, 2.05) is 0 Å². The van der Waals surface area contributed by atoms with Gasteiger partial charge >= 0.3 is 0 Å². The Morgan fingerprint density at radius 1 is 1.33 bits per heavy atom. The molecular weight excluding hydrogens is 220 g/mol. The van der Waals surface area contributed by atoms with E-state index in [0.29, 0.717) is 5.41 Å². The minimum atomic E-state index is 0.620. The molecule has 1 aliphatic heterocycles. The van der Waals surface area contributed by atoms with Crippen molar-refractivity contribution in [2.24, 2.45) is 5.41 Å². The molecule has 2 heteroatoms. The van der Waals surface area contributed by atoms with Crippen molar-refractivity contribution in [1.29, 1.82) is 0 Å². The van der Waals surface area contributed by atoms with E-state index in [1.165, 1.54) is 55.5 Å². The van der Waals surface area contributed by atoms with Crippen molar-refractivity contribution in [1.82, 2.24) is 5.32 Å². The fourth-order valence-corrected chi connectivity index (χ4v) is 3.25. The zero-order valence-corrected chi connectivity index (χ0v) is 11.4. The zero-order valence-electron chi connectivity index (χ0n) is 11.4. The molecule has 0 amide bonds. The van der Waals surface area contributed by atoms with Crippen molar-refractivity contribution in [3.05, 3.63) is 29.3 Å². The molecule has 0 aromatic heterocycles. The first-order chi connectivity index (χ1) is 8.81. The van der Waals surface area contributed by atoms with Gasteiger partial charge in [-0.15, -0.1) is 0 Å². The molecule has 1 aromatic carbocycles. The van der Waals surface area contributed by atoms with Gasteiger partial charge in [0.1, 0.15) is 0 Å². The van der Waals surface area contributed by atoms with E-state index in [-0.39, 0.29) is 0 Å². The molecule has 1 aliphatic carbocycles. The summed E-state index contributed by atoms with van der Waals surface area (Å²) in [4.78, 5) is 0. The van der Waals surface area contributed by atoms with Crippen LogP contribution in [0.1, 0.15) is 43.7 Å². The molecule has 0 radical (unpaired) electrons.